The first kappa shape index (κ1) is 17.7. The molecule has 2 N–H and O–H groups in total. The molecule has 1 aromatic heterocycles. The third-order valence-corrected chi connectivity index (χ3v) is 3.88. The van der Waals surface area contributed by atoms with Crippen molar-refractivity contribution >= 4 is 52.5 Å². The topological polar surface area (TPSA) is 124 Å². The normalized spacial score (nSPS) is 10.6. The number of halogens is 3. The van der Waals surface area contributed by atoms with Gasteiger partial charge in [-0.25, -0.2) is 4.98 Å². The standard InChI is InChI=1S/C13H6Cl3N5O3/c14-9-7(4-17)12(16)19-13(10(9)15)20-18-5-6-2-1-3-8(11(6)22)21(23)24/h1-3,5,22H,(H,19,20)/b18-5+. The first-order valence-corrected chi connectivity index (χ1v) is 7.20. The first-order valence-electron chi connectivity index (χ1n) is 6.06. The van der Waals surface area contributed by atoms with Crippen molar-refractivity contribution in [2.75, 3.05) is 5.43 Å². The summed E-state index contributed by atoms with van der Waals surface area (Å²) in [5, 5.41) is 32.9. The molecule has 1 aromatic carbocycles. The molecule has 0 aliphatic rings. The highest BCUT2D eigenvalue weighted by molar-refractivity contribution is 6.45. The minimum Gasteiger partial charge on any atom is -0.502 e. The number of nitriles is 1. The molecule has 2 rings (SSSR count). The predicted octanol–water partition coefficient (Wildman–Crippen LogP) is 3.97. The lowest BCUT2D eigenvalue weighted by molar-refractivity contribution is -0.385. The number of phenolic OH excluding ortho intramolecular Hbond substituents is 1. The molecule has 0 saturated carbocycles. The summed E-state index contributed by atoms with van der Waals surface area (Å²) in [6, 6.07) is 5.72. The number of nitro groups is 1. The van der Waals surface area contributed by atoms with E-state index in [0.29, 0.717) is 0 Å². The summed E-state index contributed by atoms with van der Waals surface area (Å²) in [6.07, 6.45) is 1.13. The molecule has 8 nitrogen and oxygen atoms in total. The zero-order chi connectivity index (χ0) is 17.9. The van der Waals surface area contributed by atoms with Crippen molar-refractivity contribution in [2.45, 2.75) is 0 Å². The van der Waals surface area contributed by atoms with Gasteiger partial charge in [-0.15, -0.1) is 0 Å². The van der Waals surface area contributed by atoms with E-state index >= 15 is 0 Å². The van der Waals surface area contributed by atoms with Crippen LogP contribution in [-0.4, -0.2) is 21.2 Å². The second-order valence-corrected chi connectivity index (χ2v) is 5.32. The second kappa shape index (κ2) is 7.31. The van der Waals surface area contributed by atoms with E-state index in [9.17, 15) is 15.2 Å². The number of nitrogens with zero attached hydrogens (tertiary/aromatic N) is 4. The van der Waals surface area contributed by atoms with Gasteiger partial charge in [-0.05, 0) is 6.07 Å². The zero-order valence-electron chi connectivity index (χ0n) is 11.5. The molecule has 11 heteroatoms. The van der Waals surface area contributed by atoms with Gasteiger partial charge in [-0.2, -0.15) is 10.4 Å². The van der Waals surface area contributed by atoms with Gasteiger partial charge in [0, 0.05) is 11.6 Å². The van der Waals surface area contributed by atoms with Crippen molar-refractivity contribution in [1.29, 1.82) is 5.26 Å². The van der Waals surface area contributed by atoms with E-state index < -0.39 is 16.4 Å². The number of aromatic hydroxyl groups is 1. The van der Waals surface area contributed by atoms with Gasteiger partial charge in [-0.1, -0.05) is 40.9 Å². The SMILES string of the molecule is N#Cc1c(Cl)nc(N/N=C/c2cccc([N+](=O)[O-])c2O)c(Cl)c1Cl. The lowest BCUT2D eigenvalue weighted by atomic mass is 10.2. The van der Waals surface area contributed by atoms with Gasteiger partial charge in [0.15, 0.2) is 11.0 Å². The number of nitro benzene ring substituents is 1. The summed E-state index contributed by atoms with van der Waals surface area (Å²) in [5.41, 5.74) is 2.00. The summed E-state index contributed by atoms with van der Waals surface area (Å²) >= 11 is 17.6. The smallest absolute Gasteiger partial charge is 0.311 e. The minimum atomic E-state index is -0.724. The fourth-order valence-corrected chi connectivity index (χ4v) is 2.31. The van der Waals surface area contributed by atoms with Crippen molar-refractivity contribution in [3.63, 3.8) is 0 Å². The Bertz CT molecular complexity index is 895. The average Bonchev–Trinajstić information content (AvgIpc) is 2.53. The molecule has 0 aliphatic carbocycles. The van der Waals surface area contributed by atoms with Gasteiger partial charge < -0.3 is 5.11 Å². The summed E-state index contributed by atoms with van der Waals surface area (Å²) in [7, 11) is 0. The van der Waals surface area contributed by atoms with Crippen LogP contribution >= 0.6 is 34.8 Å². The van der Waals surface area contributed by atoms with Gasteiger partial charge in [-0.3, -0.25) is 15.5 Å². The Morgan fingerprint density at radius 2 is 2.08 bits per heavy atom. The summed E-state index contributed by atoms with van der Waals surface area (Å²) < 4.78 is 0. The lowest BCUT2D eigenvalue weighted by Gasteiger charge is -2.07. The van der Waals surface area contributed by atoms with Crippen LogP contribution in [0.25, 0.3) is 0 Å². The quantitative estimate of drug-likeness (QED) is 0.354. The van der Waals surface area contributed by atoms with Crippen LogP contribution in [0, 0.1) is 21.4 Å². The number of hydrazone groups is 1. The zero-order valence-corrected chi connectivity index (χ0v) is 13.8. The van der Waals surface area contributed by atoms with Crippen molar-refractivity contribution < 1.29 is 10.0 Å². The molecule has 0 atom stereocenters. The average molecular weight is 387 g/mol. The molecular formula is C13H6Cl3N5O3. The fourth-order valence-electron chi connectivity index (χ4n) is 1.64. The molecule has 122 valence electrons. The van der Waals surface area contributed by atoms with Gasteiger partial charge in [0.25, 0.3) is 0 Å². The molecule has 0 spiro atoms. The third-order valence-electron chi connectivity index (χ3n) is 2.76. The Morgan fingerprint density at radius 3 is 2.71 bits per heavy atom. The molecule has 0 saturated heterocycles. The molecule has 0 fully saturated rings. The highest BCUT2D eigenvalue weighted by atomic mass is 35.5. The highest BCUT2D eigenvalue weighted by Gasteiger charge is 2.17. The number of para-hydroxylation sites is 1. The van der Waals surface area contributed by atoms with Crippen LogP contribution in [0.5, 0.6) is 5.75 Å². The monoisotopic (exact) mass is 385 g/mol. The molecule has 24 heavy (non-hydrogen) atoms. The minimum absolute atomic E-state index is 0.0214. The predicted molar refractivity (Wildman–Crippen MR) is 90.0 cm³/mol. The number of benzene rings is 1. The fraction of sp³-hybridized carbons (Fsp3) is 0. The van der Waals surface area contributed by atoms with E-state index in [1.165, 1.54) is 12.1 Å². The first-order chi connectivity index (χ1) is 11.4. The Labute approximate surface area is 150 Å². The number of rotatable bonds is 4. The maximum Gasteiger partial charge on any atom is 0.311 e. The Balaban J connectivity index is 2.30. The largest absolute Gasteiger partial charge is 0.502 e. The summed E-state index contributed by atoms with van der Waals surface area (Å²) in [5.74, 6) is -0.560. The van der Waals surface area contributed by atoms with Crippen LogP contribution in [0.2, 0.25) is 15.2 Å². The van der Waals surface area contributed by atoms with Crippen LogP contribution in [-0.2, 0) is 0 Å². The molecule has 0 bridgehead atoms. The molecule has 0 radical (unpaired) electrons. The maximum absolute atomic E-state index is 10.8. The number of hydrogen-bond donors (Lipinski definition) is 2. The van der Waals surface area contributed by atoms with Crippen LogP contribution in [0.1, 0.15) is 11.1 Å². The number of hydrogen-bond acceptors (Lipinski definition) is 7. The number of anilines is 1. The van der Waals surface area contributed by atoms with Gasteiger partial charge in [0.05, 0.1) is 16.2 Å². The number of aromatic nitrogens is 1. The molecule has 0 aliphatic heterocycles. The summed E-state index contributed by atoms with van der Waals surface area (Å²) in [6.45, 7) is 0. The van der Waals surface area contributed by atoms with E-state index in [2.05, 4.69) is 15.5 Å². The number of nitrogens with one attached hydrogen (secondary N) is 1. The van der Waals surface area contributed by atoms with Gasteiger partial charge >= 0.3 is 5.69 Å². The molecule has 2 aromatic rings. The van der Waals surface area contributed by atoms with Crippen molar-refractivity contribution in [1.82, 2.24) is 4.98 Å². The van der Waals surface area contributed by atoms with Crippen LogP contribution in [0.15, 0.2) is 23.3 Å². The lowest BCUT2D eigenvalue weighted by Crippen LogP contribution is -1.98. The molecular weight excluding hydrogens is 381 g/mol. The van der Waals surface area contributed by atoms with Crippen molar-refractivity contribution in [2.24, 2.45) is 5.10 Å². The Hall–Kier alpha value is -2.60. The van der Waals surface area contributed by atoms with E-state index in [1.54, 1.807) is 6.07 Å². The van der Waals surface area contributed by atoms with Crippen molar-refractivity contribution in [3.05, 3.63) is 54.6 Å². The van der Waals surface area contributed by atoms with Crippen molar-refractivity contribution in [3.8, 4) is 11.8 Å². The van der Waals surface area contributed by atoms with Gasteiger partial charge in [0.1, 0.15) is 16.7 Å². The van der Waals surface area contributed by atoms with Crippen LogP contribution < -0.4 is 5.43 Å². The number of phenols is 1. The molecule has 0 unspecified atom stereocenters. The second-order valence-electron chi connectivity index (χ2n) is 4.21. The molecule has 1 heterocycles. The van der Waals surface area contributed by atoms with Crippen LogP contribution in [0.3, 0.4) is 0 Å². The Morgan fingerprint density at radius 1 is 1.38 bits per heavy atom. The van der Waals surface area contributed by atoms with E-state index in [0.717, 1.165) is 12.3 Å². The van der Waals surface area contributed by atoms with E-state index in [4.69, 9.17) is 40.1 Å². The van der Waals surface area contributed by atoms with Gasteiger partial charge in [0.2, 0.25) is 5.75 Å². The summed E-state index contributed by atoms with van der Waals surface area (Å²) in [4.78, 5) is 13.9. The highest BCUT2D eigenvalue weighted by Crippen LogP contribution is 2.35. The van der Waals surface area contributed by atoms with Crippen LogP contribution in [0.4, 0.5) is 11.5 Å². The maximum atomic E-state index is 10.8. The van der Waals surface area contributed by atoms with E-state index in [-0.39, 0.29) is 32.1 Å². The molecule has 0 amide bonds. The number of pyridine rings is 1. The Kier molecular flexibility index (Phi) is 5.41. The third kappa shape index (κ3) is 3.49. The van der Waals surface area contributed by atoms with E-state index in [1.807, 2.05) is 0 Å².